The number of methoxy groups -OCH3 is 1. The Morgan fingerprint density at radius 2 is 2.11 bits per heavy atom. The first kappa shape index (κ1) is 20.2. The Morgan fingerprint density at radius 3 is 2.79 bits per heavy atom. The second kappa shape index (κ2) is 9.10. The molecule has 1 aliphatic rings. The molecule has 1 saturated heterocycles. The van der Waals surface area contributed by atoms with Gasteiger partial charge < -0.3 is 19.7 Å². The van der Waals surface area contributed by atoms with Crippen LogP contribution in [0, 0.1) is 0 Å². The molecular weight excluding hydrogens is 376 g/mol. The molecule has 150 valence electrons. The van der Waals surface area contributed by atoms with Crippen LogP contribution in [0.1, 0.15) is 48.7 Å². The highest BCUT2D eigenvalue weighted by molar-refractivity contribution is 7.08. The average molecular weight is 403 g/mol. The monoisotopic (exact) mass is 402 g/mol. The molecule has 7 heteroatoms. The SMILES string of the molecule is COc1cc(C(=O)N2CCCC2c2ccsc2)ccc1OCC(=O)NC(C)C. The van der Waals surface area contributed by atoms with E-state index in [-0.39, 0.29) is 30.5 Å². The highest BCUT2D eigenvalue weighted by Crippen LogP contribution is 2.35. The topological polar surface area (TPSA) is 67.9 Å². The quantitative estimate of drug-likeness (QED) is 0.768. The van der Waals surface area contributed by atoms with Crippen molar-refractivity contribution in [3.63, 3.8) is 0 Å². The predicted octanol–water partition coefficient (Wildman–Crippen LogP) is 3.64. The minimum Gasteiger partial charge on any atom is -0.493 e. The van der Waals surface area contributed by atoms with Gasteiger partial charge in [0.15, 0.2) is 18.1 Å². The van der Waals surface area contributed by atoms with E-state index in [2.05, 4.69) is 16.8 Å². The van der Waals surface area contributed by atoms with Crippen molar-refractivity contribution in [3.05, 3.63) is 46.2 Å². The molecule has 2 amide bonds. The van der Waals surface area contributed by atoms with Gasteiger partial charge in [-0.1, -0.05) is 0 Å². The number of amides is 2. The molecule has 1 fully saturated rings. The molecular formula is C21H26N2O4S. The molecule has 1 atom stereocenters. The molecule has 1 unspecified atom stereocenters. The molecule has 1 N–H and O–H groups in total. The third-order valence-corrected chi connectivity index (χ3v) is 5.36. The van der Waals surface area contributed by atoms with Crippen LogP contribution in [-0.2, 0) is 4.79 Å². The zero-order chi connectivity index (χ0) is 20.1. The second-order valence-electron chi connectivity index (χ2n) is 7.09. The number of nitrogens with zero attached hydrogens (tertiary/aromatic N) is 1. The van der Waals surface area contributed by atoms with Crippen molar-refractivity contribution in [2.75, 3.05) is 20.3 Å². The van der Waals surface area contributed by atoms with E-state index in [4.69, 9.17) is 9.47 Å². The number of ether oxygens (including phenoxy) is 2. The van der Waals surface area contributed by atoms with Crippen LogP contribution < -0.4 is 14.8 Å². The fourth-order valence-corrected chi connectivity index (χ4v) is 4.12. The number of carbonyl (C=O) groups is 2. The number of thiophene rings is 1. The highest BCUT2D eigenvalue weighted by atomic mass is 32.1. The molecule has 6 nitrogen and oxygen atoms in total. The van der Waals surface area contributed by atoms with Gasteiger partial charge in [-0.3, -0.25) is 9.59 Å². The van der Waals surface area contributed by atoms with Crippen molar-refractivity contribution in [2.45, 2.75) is 38.8 Å². The highest BCUT2D eigenvalue weighted by Gasteiger charge is 2.31. The zero-order valence-electron chi connectivity index (χ0n) is 16.4. The zero-order valence-corrected chi connectivity index (χ0v) is 17.3. The molecule has 1 aromatic carbocycles. The Labute approximate surface area is 169 Å². The summed E-state index contributed by atoms with van der Waals surface area (Å²) in [6.07, 6.45) is 1.97. The van der Waals surface area contributed by atoms with Crippen LogP contribution in [0.2, 0.25) is 0 Å². The molecule has 1 aliphatic heterocycles. The van der Waals surface area contributed by atoms with Gasteiger partial charge in [0.2, 0.25) is 0 Å². The van der Waals surface area contributed by atoms with Gasteiger partial charge in [0.25, 0.3) is 11.8 Å². The summed E-state index contributed by atoms with van der Waals surface area (Å²) in [5.74, 6) is 0.659. The van der Waals surface area contributed by atoms with Crippen molar-refractivity contribution in [2.24, 2.45) is 0 Å². The molecule has 2 aromatic rings. The third kappa shape index (κ3) is 4.65. The van der Waals surface area contributed by atoms with E-state index in [1.54, 1.807) is 29.5 Å². The van der Waals surface area contributed by atoms with Gasteiger partial charge in [-0.2, -0.15) is 11.3 Å². The molecule has 0 radical (unpaired) electrons. The van der Waals surface area contributed by atoms with Gasteiger partial charge in [-0.25, -0.2) is 0 Å². The van der Waals surface area contributed by atoms with Crippen molar-refractivity contribution in [1.82, 2.24) is 10.2 Å². The Bertz CT molecular complexity index is 820. The second-order valence-corrected chi connectivity index (χ2v) is 7.87. The van der Waals surface area contributed by atoms with E-state index in [0.29, 0.717) is 17.1 Å². The van der Waals surface area contributed by atoms with Crippen molar-refractivity contribution in [3.8, 4) is 11.5 Å². The predicted molar refractivity (Wildman–Crippen MR) is 109 cm³/mol. The largest absolute Gasteiger partial charge is 0.493 e. The van der Waals surface area contributed by atoms with Crippen LogP contribution in [0.5, 0.6) is 11.5 Å². The average Bonchev–Trinajstić information content (AvgIpc) is 3.36. The number of hydrogen-bond donors (Lipinski definition) is 1. The van der Waals surface area contributed by atoms with Gasteiger partial charge in [0, 0.05) is 18.2 Å². The summed E-state index contributed by atoms with van der Waals surface area (Å²) in [5.41, 5.74) is 1.75. The standard InChI is InChI=1S/C21H26N2O4S/c1-14(2)22-20(24)12-27-18-7-6-15(11-19(18)26-3)21(25)23-9-4-5-17(23)16-8-10-28-13-16/h6-8,10-11,13-14,17H,4-5,9,12H2,1-3H3,(H,22,24). The number of nitrogens with one attached hydrogen (secondary N) is 1. The summed E-state index contributed by atoms with van der Waals surface area (Å²) in [6, 6.07) is 7.35. The first-order valence-electron chi connectivity index (χ1n) is 9.43. The van der Waals surface area contributed by atoms with E-state index < -0.39 is 0 Å². The number of likely N-dealkylation sites (tertiary alicyclic amines) is 1. The van der Waals surface area contributed by atoms with Crippen LogP contribution in [0.25, 0.3) is 0 Å². The lowest BCUT2D eigenvalue weighted by Crippen LogP contribution is -2.34. The Balaban J connectivity index is 1.72. The summed E-state index contributed by atoms with van der Waals surface area (Å²) in [5, 5.41) is 6.92. The van der Waals surface area contributed by atoms with Gasteiger partial charge in [-0.05, 0) is 67.3 Å². The van der Waals surface area contributed by atoms with Gasteiger partial charge in [0.05, 0.1) is 13.2 Å². The maximum Gasteiger partial charge on any atom is 0.258 e. The first-order chi connectivity index (χ1) is 13.5. The van der Waals surface area contributed by atoms with Crippen LogP contribution in [0.15, 0.2) is 35.0 Å². The van der Waals surface area contributed by atoms with Crippen LogP contribution in [0.4, 0.5) is 0 Å². The van der Waals surface area contributed by atoms with Crippen molar-refractivity contribution < 1.29 is 19.1 Å². The Kier molecular flexibility index (Phi) is 6.57. The minimum atomic E-state index is -0.201. The molecule has 0 spiro atoms. The summed E-state index contributed by atoms with van der Waals surface area (Å²) < 4.78 is 11.0. The van der Waals surface area contributed by atoms with E-state index in [1.807, 2.05) is 24.1 Å². The van der Waals surface area contributed by atoms with Crippen LogP contribution in [-0.4, -0.2) is 43.0 Å². The first-order valence-corrected chi connectivity index (χ1v) is 10.4. The molecule has 28 heavy (non-hydrogen) atoms. The molecule has 1 aromatic heterocycles. The van der Waals surface area contributed by atoms with Gasteiger partial charge in [-0.15, -0.1) is 0 Å². The van der Waals surface area contributed by atoms with E-state index in [9.17, 15) is 9.59 Å². The van der Waals surface area contributed by atoms with Gasteiger partial charge in [0.1, 0.15) is 0 Å². The smallest absolute Gasteiger partial charge is 0.258 e. The third-order valence-electron chi connectivity index (χ3n) is 4.66. The summed E-state index contributed by atoms with van der Waals surface area (Å²) in [7, 11) is 1.52. The molecule has 3 rings (SSSR count). The molecule has 0 saturated carbocycles. The normalized spacial score (nSPS) is 16.3. The maximum absolute atomic E-state index is 13.1. The fourth-order valence-electron chi connectivity index (χ4n) is 3.41. The van der Waals surface area contributed by atoms with E-state index in [1.165, 1.54) is 12.7 Å². The summed E-state index contributed by atoms with van der Waals surface area (Å²) in [6.45, 7) is 4.42. The molecule has 0 aliphatic carbocycles. The van der Waals surface area contributed by atoms with E-state index >= 15 is 0 Å². The van der Waals surface area contributed by atoms with Crippen molar-refractivity contribution >= 4 is 23.2 Å². The minimum absolute atomic E-state index is 0.0175. The number of rotatable bonds is 7. The number of carbonyl (C=O) groups excluding carboxylic acids is 2. The maximum atomic E-state index is 13.1. The van der Waals surface area contributed by atoms with Crippen molar-refractivity contribution in [1.29, 1.82) is 0 Å². The summed E-state index contributed by atoms with van der Waals surface area (Å²) >= 11 is 1.65. The Morgan fingerprint density at radius 1 is 1.29 bits per heavy atom. The lowest BCUT2D eigenvalue weighted by atomic mass is 10.1. The Hall–Kier alpha value is -2.54. The fraction of sp³-hybridized carbons (Fsp3) is 0.429. The number of hydrogen-bond acceptors (Lipinski definition) is 5. The number of benzene rings is 1. The van der Waals surface area contributed by atoms with Crippen LogP contribution in [0.3, 0.4) is 0 Å². The molecule has 2 heterocycles. The van der Waals surface area contributed by atoms with Crippen LogP contribution >= 0.6 is 11.3 Å². The van der Waals surface area contributed by atoms with Gasteiger partial charge >= 0.3 is 0 Å². The lowest BCUT2D eigenvalue weighted by Gasteiger charge is -2.24. The summed E-state index contributed by atoms with van der Waals surface area (Å²) in [4.78, 5) is 26.8. The van der Waals surface area contributed by atoms with E-state index in [0.717, 1.165) is 19.4 Å². The lowest BCUT2D eigenvalue weighted by molar-refractivity contribution is -0.123. The molecule has 0 bridgehead atoms.